The average Bonchev–Trinajstić information content (AvgIpc) is 2.56. The first-order valence-electron chi connectivity index (χ1n) is 7.77. The van der Waals surface area contributed by atoms with Crippen LogP contribution >= 0.6 is 24.2 Å². The molecule has 0 saturated carbocycles. The fourth-order valence-electron chi connectivity index (χ4n) is 2.87. The maximum atomic E-state index is 12.4. The molecule has 22 heavy (non-hydrogen) atoms. The highest BCUT2D eigenvalue weighted by molar-refractivity contribution is 8.00. The van der Waals surface area contributed by atoms with Gasteiger partial charge in [0, 0.05) is 17.8 Å². The zero-order valence-electron chi connectivity index (χ0n) is 13.6. The molecule has 1 aromatic carbocycles. The lowest BCUT2D eigenvalue weighted by Gasteiger charge is -2.31. The van der Waals surface area contributed by atoms with E-state index >= 15 is 0 Å². The van der Waals surface area contributed by atoms with Crippen LogP contribution in [-0.4, -0.2) is 29.5 Å². The molecule has 0 radical (unpaired) electrons. The first-order chi connectivity index (χ1) is 10.1. The topological polar surface area (TPSA) is 41.1 Å². The SMILES string of the molecule is CCC(CC)(CNC(=O)C1Cc2ccccc2CN1)SC.Cl. The van der Waals surface area contributed by atoms with E-state index in [9.17, 15) is 4.79 Å². The molecule has 1 unspecified atom stereocenters. The molecule has 0 fully saturated rings. The van der Waals surface area contributed by atoms with E-state index in [1.54, 1.807) is 0 Å². The van der Waals surface area contributed by atoms with Crippen LogP contribution in [0.4, 0.5) is 0 Å². The zero-order chi connectivity index (χ0) is 15.3. The maximum Gasteiger partial charge on any atom is 0.237 e. The molecule has 5 heteroatoms. The Morgan fingerprint density at radius 1 is 1.32 bits per heavy atom. The van der Waals surface area contributed by atoms with Crippen LogP contribution in [0.3, 0.4) is 0 Å². The normalized spacial score (nSPS) is 17.3. The summed E-state index contributed by atoms with van der Waals surface area (Å²) in [7, 11) is 0. The molecule has 0 spiro atoms. The van der Waals surface area contributed by atoms with E-state index in [0.29, 0.717) is 0 Å². The summed E-state index contributed by atoms with van der Waals surface area (Å²) in [5.41, 5.74) is 2.60. The summed E-state index contributed by atoms with van der Waals surface area (Å²) in [6, 6.07) is 8.25. The summed E-state index contributed by atoms with van der Waals surface area (Å²) >= 11 is 1.86. The Labute approximate surface area is 144 Å². The van der Waals surface area contributed by atoms with Crippen molar-refractivity contribution in [3.05, 3.63) is 35.4 Å². The van der Waals surface area contributed by atoms with E-state index in [-0.39, 0.29) is 29.1 Å². The molecular formula is C17H27ClN2OS. The van der Waals surface area contributed by atoms with Crippen molar-refractivity contribution in [3.8, 4) is 0 Å². The van der Waals surface area contributed by atoms with E-state index in [0.717, 1.165) is 32.4 Å². The number of halogens is 1. The van der Waals surface area contributed by atoms with Crippen molar-refractivity contribution in [1.82, 2.24) is 10.6 Å². The highest BCUT2D eigenvalue weighted by Crippen LogP contribution is 2.29. The van der Waals surface area contributed by atoms with Crippen LogP contribution < -0.4 is 10.6 Å². The Balaban J connectivity index is 0.00000242. The molecule has 1 atom stereocenters. The number of carbonyl (C=O) groups is 1. The number of hydrogen-bond donors (Lipinski definition) is 2. The minimum Gasteiger partial charge on any atom is -0.353 e. The highest BCUT2D eigenvalue weighted by Gasteiger charge is 2.28. The number of hydrogen-bond acceptors (Lipinski definition) is 3. The van der Waals surface area contributed by atoms with Crippen LogP contribution in [0.2, 0.25) is 0 Å². The summed E-state index contributed by atoms with van der Waals surface area (Å²) in [6.07, 6.45) is 5.07. The molecule has 0 aliphatic carbocycles. The Morgan fingerprint density at radius 3 is 2.55 bits per heavy atom. The lowest BCUT2D eigenvalue weighted by molar-refractivity contribution is -0.123. The van der Waals surface area contributed by atoms with Crippen LogP contribution in [0.15, 0.2) is 24.3 Å². The van der Waals surface area contributed by atoms with Crippen molar-refractivity contribution in [1.29, 1.82) is 0 Å². The first kappa shape index (κ1) is 19.3. The molecular weight excluding hydrogens is 316 g/mol. The lowest BCUT2D eigenvalue weighted by Crippen LogP contribution is -2.50. The third kappa shape index (κ3) is 4.40. The van der Waals surface area contributed by atoms with Crippen LogP contribution in [-0.2, 0) is 17.8 Å². The third-order valence-corrected chi connectivity index (χ3v) is 6.29. The largest absolute Gasteiger partial charge is 0.353 e. The fraction of sp³-hybridized carbons (Fsp3) is 0.588. The maximum absolute atomic E-state index is 12.4. The summed E-state index contributed by atoms with van der Waals surface area (Å²) in [5.74, 6) is 0.129. The molecule has 1 heterocycles. The smallest absolute Gasteiger partial charge is 0.237 e. The van der Waals surface area contributed by atoms with Crippen LogP contribution in [0.25, 0.3) is 0 Å². The molecule has 3 nitrogen and oxygen atoms in total. The van der Waals surface area contributed by atoms with Crippen molar-refractivity contribution in [2.24, 2.45) is 0 Å². The van der Waals surface area contributed by atoms with Gasteiger partial charge in [-0.2, -0.15) is 11.8 Å². The highest BCUT2D eigenvalue weighted by atomic mass is 35.5. The van der Waals surface area contributed by atoms with Gasteiger partial charge in [-0.3, -0.25) is 4.79 Å². The molecule has 0 aromatic heterocycles. The number of nitrogens with one attached hydrogen (secondary N) is 2. The Hall–Kier alpha value is -0.710. The van der Waals surface area contributed by atoms with E-state index in [2.05, 4.69) is 48.9 Å². The number of amides is 1. The summed E-state index contributed by atoms with van der Waals surface area (Å²) in [4.78, 5) is 12.4. The van der Waals surface area contributed by atoms with E-state index in [4.69, 9.17) is 0 Å². The van der Waals surface area contributed by atoms with Crippen LogP contribution in [0.1, 0.15) is 37.8 Å². The van der Waals surface area contributed by atoms with Gasteiger partial charge in [-0.15, -0.1) is 12.4 Å². The molecule has 0 saturated heterocycles. The molecule has 1 aromatic rings. The quantitative estimate of drug-likeness (QED) is 0.834. The second kappa shape index (κ2) is 8.80. The Kier molecular flexibility index (Phi) is 7.74. The van der Waals surface area contributed by atoms with Gasteiger partial charge in [0.15, 0.2) is 0 Å². The molecule has 124 valence electrons. The van der Waals surface area contributed by atoms with E-state index in [1.807, 2.05) is 17.8 Å². The third-order valence-electron chi connectivity index (χ3n) is 4.70. The van der Waals surface area contributed by atoms with Crippen LogP contribution in [0, 0.1) is 0 Å². The minimum atomic E-state index is -0.104. The summed E-state index contributed by atoms with van der Waals surface area (Å²) < 4.78 is 0.169. The minimum absolute atomic E-state index is 0. The number of thioether (sulfide) groups is 1. The van der Waals surface area contributed by atoms with E-state index in [1.165, 1.54) is 11.1 Å². The van der Waals surface area contributed by atoms with Crippen molar-refractivity contribution in [3.63, 3.8) is 0 Å². The fourth-order valence-corrected chi connectivity index (χ4v) is 3.67. The Bertz CT molecular complexity index is 483. The van der Waals surface area contributed by atoms with Gasteiger partial charge in [-0.05, 0) is 36.6 Å². The average molecular weight is 343 g/mol. The molecule has 1 aliphatic rings. The van der Waals surface area contributed by atoms with Gasteiger partial charge in [-0.1, -0.05) is 38.1 Å². The van der Waals surface area contributed by atoms with E-state index < -0.39 is 0 Å². The zero-order valence-corrected chi connectivity index (χ0v) is 15.3. The Morgan fingerprint density at radius 2 is 1.95 bits per heavy atom. The van der Waals surface area contributed by atoms with Crippen molar-refractivity contribution >= 4 is 30.1 Å². The number of fused-ring (bicyclic) bond motifs is 1. The molecule has 1 aliphatic heterocycles. The second-order valence-corrected chi connectivity index (χ2v) is 6.99. The van der Waals surface area contributed by atoms with Crippen molar-refractivity contribution < 1.29 is 4.79 Å². The second-order valence-electron chi connectivity index (χ2n) is 5.72. The van der Waals surface area contributed by atoms with Crippen molar-refractivity contribution in [2.75, 3.05) is 12.8 Å². The standard InChI is InChI=1S/C17H26N2OS.ClH/c1-4-17(5-2,21-3)12-19-16(20)15-10-13-8-6-7-9-14(13)11-18-15;/h6-9,15,18H,4-5,10-12H2,1-3H3,(H,19,20);1H. The number of benzene rings is 1. The molecule has 2 N–H and O–H groups in total. The van der Waals surface area contributed by atoms with Gasteiger partial charge in [0.25, 0.3) is 0 Å². The summed E-state index contributed by atoms with van der Waals surface area (Å²) in [5, 5.41) is 6.50. The van der Waals surface area contributed by atoms with Crippen molar-refractivity contribution in [2.45, 2.75) is 50.4 Å². The first-order valence-corrected chi connectivity index (χ1v) is 8.99. The van der Waals surface area contributed by atoms with Gasteiger partial charge in [-0.25, -0.2) is 0 Å². The molecule has 0 bridgehead atoms. The summed E-state index contributed by atoms with van der Waals surface area (Å²) in [6.45, 7) is 5.92. The predicted molar refractivity (Wildman–Crippen MR) is 97.9 cm³/mol. The van der Waals surface area contributed by atoms with Crippen LogP contribution in [0.5, 0.6) is 0 Å². The molecule has 2 rings (SSSR count). The molecule has 1 amide bonds. The monoisotopic (exact) mass is 342 g/mol. The number of rotatable bonds is 6. The number of carbonyl (C=O) groups excluding carboxylic acids is 1. The predicted octanol–water partition coefficient (Wildman–Crippen LogP) is 3.16. The van der Waals surface area contributed by atoms with Gasteiger partial charge >= 0.3 is 0 Å². The van der Waals surface area contributed by atoms with Gasteiger partial charge in [0.2, 0.25) is 5.91 Å². The van der Waals surface area contributed by atoms with Gasteiger partial charge in [0.05, 0.1) is 6.04 Å². The lowest BCUT2D eigenvalue weighted by atomic mass is 9.95. The van der Waals surface area contributed by atoms with Gasteiger partial charge < -0.3 is 10.6 Å². The van der Waals surface area contributed by atoms with Gasteiger partial charge in [0.1, 0.15) is 0 Å².